The molecule has 0 amide bonds. The number of rotatable bonds is 7. The number of hydrogen-bond acceptors (Lipinski definition) is 4. The van der Waals surface area contributed by atoms with Gasteiger partial charge in [0, 0.05) is 0 Å². The molecule has 3 rings (SSSR count). The number of para-hydroxylation sites is 1. The Morgan fingerprint density at radius 1 is 0.846 bits per heavy atom. The number of aliphatic hydroxyl groups excluding tert-OH is 2. The van der Waals surface area contributed by atoms with E-state index in [1.807, 2.05) is 79.7 Å². The Bertz CT molecular complexity index is 829. The van der Waals surface area contributed by atoms with Gasteiger partial charge in [0.15, 0.2) is 0 Å². The normalized spacial score (nSPS) is 11.8. The van der Waals surface area contributed by atoms with E-state index in [1.54, 1.807) is 0 Å². The van der Waals surface area contributed by atoms with Gasteiger partial charge in [-0.25, -0.2) is 0 Å². The van der Waals surface area contributed by atoms with Gasteiger partial charge in [0.2, 0.25) is 0 Å². The first-order chi connectivity index (χ1) is 12.7. The molecule has 2 N–H and O–H groups in total. The van der Waals surface area contributed by atoms with Gasteiger partial charge >= 0.3 is 0 Å². The van der Waals surface area contributed by atoms with Crippen LogP contribution in [-0.4, -0.2) is 29.5 Å². The van der Waals surface area contributed by atoms with Crippen molar-refractivity contribution in [2.24, 2.45) is 0 Å². The van der Waals surface area contributed by atoms with E-state index in [0.29, 0.717) is 5.75 Å². The summed E-state index contributed by atoms with van der Waals surface area (Å²) in [6.45, 7) is 1.72. The summed E-state index contributed by atoms with van der Waals surface area (Å²) in [5.41, 5.74) is 3.12. The van der Waals surface area contributed by atoms with Crippen LogP contribution in [0.5, 0.6) is 17.2 Å². The summed E-state index contributed by atoms with van der Waals surface area (Å²) in [5, 5.41) is 18.2. The lowest BCUT2D eigenvalue weighted by molar-refractivity contribution is 0.0534. The van der Waals surface area contributed by atoms with Crippen LogP contribution in [0.3, 0.4) is 0 Å². The van der Waals surface area contributed by atoms with Crippen molar-refractivity contribution in [1.82, 2.24) is 0 Å². The Morgan fingerprint density at radius 3 is 2.15 bits per heavy atom. The van der Waals surface area contributed by atoms with Crippen molar-refractivity contribution in [2.45, 2.75) is 13.0 Å². The van der Waals surface area contributed by atoms with Crippen molar-refractivity contribution in [3.8, 4) is 28.4 Å². The van der Waals surface area contributed by atoms with Gasteiger partial charge in [-0.1, -0.05) is 36.4 Å². The molecule has 0 bridgehead atoms. The average Bonchev–Trinajstić information content (AvgIpc) is 2.68. The maximum atomic E-state index is 9.39. The monoisotopic (exact) mass is 350 g/mol. The molecule has 0 heterocycles. The minimum atomic E-state index is -0.869. The highest BCUT2D eigenvalue weighted by Gasteiger charge is 2.07. The van der Waals surface area contributed by atoms with Crippen LogP contribution in [0.15, 0.2) is 72.8 Å². The van der Waals surface area contributed by atoms with Crippen LogP contribution in [0, 0.1) is 6.92 Å². The first-order valence-electron chi connectivity index (χ1n) is 8.51. The van der Waals surface area contributed by atoms with E-state index < -0.39 is 6.10 Å². The van der Waals surface area contributed by atoms with E-state index in [4.69, 9.17) is 14.6 Å². The average molecular weight is 350 g/mol. The van der Waals surface area contributed by atoms with Crippen LogP contribution in [0.1, 0.15) is 5.56 Å². The van der Waals surface area contributed by atoms with Crippen molar-refractivity contribution < 1.29 is 19.7 Å². The fraction of sp³-hybridized carbons (Fsp3) is 0.182. The second-order valence-corrected chi connectivity index (χ2v) is 6.07. The molecule has 0 aliphatic rings. The zero-order valence-electron chi connectivity index (χ0n) is 14.6. The predicted molar refractivity (Wildman–Crippen MR) is 102 cm³/mol. The Hall–Kier alpha value is -2.82. The zero-order valence-corrected chi connectivity index (χ0v) is 14.6. The molecule has 0 saturated heterocycles. The minimum absolute atomic E-state index is 0.0716. The van der Waals surface area contributed by atoms with E-state index in [1.165, 1.54) is 0 Å². The van der Waals surface area contributed by atoms with Crippen LogP contribution in [0.25, 0.3) is 11.1 Å². The second kappa shape index (κ2) is 8.52. The van der Waals surface area contributed by atoms with Crippen LogP contribution < -0.4 is 9.47 Å². The van der Waals surface area contributed by atoms with Gasteiger partial charge in [-0.05, 0) is 60.0 Å². The number of ether oxygens (including phenoxy) is 2. The van der Waals surface area contributed by atoms with Gasteiger partial charge in [0.25, 0.3) is 0 Å². The quantitative estimate of drug-likeness (QED) is 0.671. The lowest BCUT2D eigenvalue weighted by Gasteiger charge is -2.13. The summed E-state index contributed by atoms with van der Waals surface area (Å²) < 4.78 is 11.3. The van der Waals surface area contributed by atoms with Gasteiger partial charge in [-0.3, -0.25) is 0 Å². The Kier molecular flexibility index (Phi) is 5.89. The minimum Gasteiger partial charge on any atom is -0.491 e. The van der Waals surface area contributed by atoms with E-state index in [-0.39, 0.29) is 13.2 Å². The van der Waals surface area contributed by atoms with Crippen molar-refractivity contribution in [1.29, 1.82) is 0 Å². The lowest BCUT2D eigenvalue weighted by atomic mass is 10.0. The standard InChI is InChI=1S/C22H22O4/c1-16-13-18(9-12-22(16)25-15-19(24)14-23)17-7-10-21(11-8-17)26-20-5-3-2-4-6-20/h2-13,19,23-24H,14-15H2,1H3. The van der Waals surface area contributed by atoms with Gasteiger partial charge in [0.1, 0.15) is 30.0 Å². The van der Waals surface area contributed by atoms with Crippen molar-refractivity contribution in [3.05, 3.63) is 78.4 Å². The predicted octanol–water partition coefficient (Wildman–Crippen LogP) is 4.19. The highest BCUT2D eigenvalue weighted by molar-refractivity contribution is 5.66. The van der Waals surface area contributed by atoms with E-state index in [2.05, 4.69) is 0 Å². The number of aliphatic hydroxyl groups is 2. The molecule has 134 valence electrons. The summed E-state index contributed by atoms with van der Waals surface area (Å²) in [6.07, 6.45) is -0.869. The first-order valence-corrected chi connectivity index (χ1v) is 8.51. The van der Waals surface area contributed by atoms with Gasteiger partial charge in [-0.15, -0.1) is 0 Å². The second-order valence-electron chi connectivity index (χ2n) is 6.07. The third-order valence-electron chi connectivity index (χ3n) is 3.98. The van der Waals surface area contributed by atoms with Crippen molar-refractivity contribution >= 4 is 0 Å². The highest BCUT2D eigenvalue weighted by atomic mass is 16.5. The molecular formula is C22H22O4. The summed E-state index contributed by atoms with van der Waals surface area (Å²) in [4.78, 5) is 0. The molecule has 0 fully saturated rings. The molecule has 0 aromatic heterocycles. The number of aryl methyl sites for hydroxylation is 1. The van der Waals surface area contributed by atoms with Crippen LogP contribution >= 0.6 is 0 Å². The SMILES string of the molecule is Cc1cc(-c2ccc(Oc3ccccc3)cc2)ccc1OCC(O)CO. The van der Waals surface area contributed by atoms with E-state index in [0.717, 1.165) is 28.2 Å². The molecule has 4 nitrogen and oxygen atoms in total. The van der Waals surface area contributed by atoms with Crippen molar-refractivity contribution in [3.63, 3.8) is 0 Å². The van der Waals surface area contributed by atoms with Gasteiger partial charge in [-0.2, -0.15) is 0 Å². The van der Waals surface area contributed by atoms with Gasteiger partial charge < -0.3 is 19.7 Å². The molecule has 26 heavy (non-hydrogen) atoms. The van der Waals surface area contributed by atoms with Gasteiger partial charge in [0.05, 0.1) is 6.61 Å². The van der Waals surface area contributed by atoms with E-state index >= 15 is 0 Å². The molecule has 0 aliphatic carbocycles. The molecule has 0 aliphatic heterocycles. The summed E-state index contributed by atoms with van der Waals surface area (Å²) >= 11 is 0. The molecule has 1 atom stereocenters. The summed E-state index contributed by atoms with van der Waals surface area (Å²) in [6, 6.07) is 23.5. The largest absolute Gasteiger partial charge is 0.491 e. The van der Waals surface area contributed by atoms with Crippen molar-refractivity contribution in [2.75, 3.05) is 13.2 Å². The lowest BCUT2D eigenvalue weighted by Crippen LogP contribution is -2.21. The molecule has 0 spiro atoms. The fourth-order valence-electron chi connectivity index (χ4n) is 2.57. The Labute approximate surface area is 153 Å². The molecule has 0 radical (unpaired) electrons. The Balaban J connectivity index is 1.70. The maximum Gasteiger partial charge on any atom is 0.127 e. The molecule has 3 aromatic carbocycles. The Morgan fingerprint density at radius 2 is 1.50 bits per heavy atom. The molecule has 0 saturated carbocycles. The molecule has 1 unspecified atom stereocenters. The summed E-state index contributed by atoms with van der Waals surface area (Å²) in [7, 11) is 0. The molecule has 4 heteroatoms. The first kappa shape index (κ1) is 18.0. The maximum absolute atomic E-state index is 9.39. The summed E-state index contributed by atoms with van der Waals surface area (Å²) in [5.74, 6) is 2.29. The van der Waals surface area contributed by atoms with E-state index in [9.17, 15) is 5.11 Å². The van der Waals surface area contributed by atoms with Crippen LogP contribution in [0.2, 0.25) is 0 Å². The molecular weight excluding hydrogens is 328 g/mol. The number of hydrogen-bond donors (Lipinski definition) is 2. The van der Waals surface area contributed by atoms with Crippen LogP contribution in [-0.2, 0) is 0 Å². The highest BCUT2D eigenvalue weighted by Crippen LogP contribution is 2.29. The zero-order chi connectivity index (χ0) is 18.4. The smallest absolute Gasteiger partial charge is 0.127 e. The fourth-order valence-corrected chi connectivity index (χ4v) is 2.57. The third kappa shape index (κ3) is 4.63. The topological polar surface area (TPSA) is 58.9 Å². The third-order valence-corrected chi connectivity index (χ3v) is 3.98. The number of benzene rings is 3. The molecule has 3 aromatic rings. The van der Waals surface area contributed by atoms with Crippen LogP contribution in [0.4, 0.5) is 0 Å².